The number of nitrogens with zero attached hydrogens (tertiary/aromatic N) is 2. The van der Waals surface area contributed by atoms with Crippen LogP contribution in [0.3, 0.4) is 0 Å². The average Bonchev–Trinajstić information content (AvgIpc) is 2.80. The van der Waals surface area contributed by atoms with Crippen LogP contribution in [0.15, 0.2) is 82.8 Å². The van der Waals surface area contributed by atoms with E-state index in [1.165, 1.54) is 30.3 Å². The van der Waals surface area contributed by atoms with Gasteiger partial charge in [0.2, 0.25) is 0 Å². The highest BCUT2D eigenvalue weighted by Gasteiger charge is 2.32. The van der Waals surface area contributed by atoms with Crippen LogP contribution in [0.2, 0.25) is 0 Å². The summed E-state index contributed by atoms with van der Waals surface area (Å²) >= 11 is 0. The minimum atomic E-state index is -4.59. The number of carbonyl (C=O) groups is 1. The van der Waals surface area contributed by atoms with Crippen molar-refractivity contribution in [2.45, 2.75) is 24.9 Å². The number of hydrazone groups is 1. The van der Waals surface area contributed by atoms with E-state index in [1.807, 2.05) is 13.0 Å². The minimum Gasteiger partial charge on any atom is -0.271 e. The second kappa shape index (κ2) is 10.1. The van der Waals surface area contributed by atoms with Crippen molar-refractivity contribution >= 4 is 27.8 Å². The molecule has 34 heavy (non-hydrogen) atoms. The molecule has 0 spiro atoms. The molecule has 1 N–H and O–H groups in total. The Hall–Kier alpha value is -3.66. The summed E-state index contributed by atoms with van der Waals surface area (Å²) in [5.74, 6) is -0.818. The largest absolute Gasteiger partial charge is 0.417 e. The number of rotatable bonds is 7. The van der Waals surface area contributed by atoms with Crippen LogP contribution < -0.4 is 9.73 Å². The lowest BCUT2D eigenvalue weighted by atomic mass is 10.1. The summed E-state index contributed by atoms with van der Waals surface area (Å²) < 4.78 is 67.1. The molecule has 0 unspecified atom stereocenters. The Morgan fingerprint density at radius 1 is 0.971 bits per heavy atom. The van der Waals surface area contributed by atoms with Gasteiger partial charge < -0.3 is 0 Å². The van der Waals surface area contributed by atoms with Crippen molar-refractivity contribution in [1.82, 2.24) is 5.43 Å². The zero-order chi connectivity index (χ0) is 24.9. The summed E-state index contributed by atoms with van der Waals surface area (Å²) in [5, 5.41) is 3.61. The fourth-order valence-electron chi connectivity index (χ4n) is 3.23. The molecule has 0 aliphatic heterocycles. The smallest absolute Gasteiger partial charge is 0.271 e. The summed E-state index contributed by atoms with van der Waals surface area (Å²) in [4.78, 5) is 12.6. The Labute approximate surface area is 195 Å². The number of anilines is 1. The van der Waals surface area contributed by atoms with Crippen molar-refractivity contribution in [3.8, 4) is 0 Å². The van der Waals surface area contributed by atoms with Gasteiger partial charge in [-0.2, -0.15) is 18.3 Å². The van der Waals surface area contributed by atoms with Crippen molar-refractivity contribution in [3.05, 3.63) is 95.1 Å². The van der Waals surface area contributed by atoms with Crippen molar-refractivity contribution in [2.75, 3.05) is 10.8 Å². The van der Waals surface area contributed by atoms with E-state index < -0.39 is 34.2 Å². The van der Waals surface area contributed by atoms with Crippen LogP contribution in [0.4, 0.5) is 18.9 Å². The monoisotopic (exact) mass is 489 g/mol. The first kappa shape index (κ1) is 25.0. The number of halogens is 3. The maximum absolute atomic E-state index is 13.4. The van der Waals surface area contributed by atoms with Crippen LogP contribution in [0, 0.1) is 13.8 Å². The summed E-state index contributed by atoms with van der Waals surface area (Å²) in [6, 6.07) is 17.5. The van der Waals surface area contributed by atoms with Gasteiger partial charge in [0, 0.05) is 5.56 Å². The quantitative estimate of drug-likeness (QED) is 0.387. The third kappa shape index (κ3) is 5.63. The molecule has 3 rings (SSSR count). The first-order valence-electron chi connectivity index (χ1n) is 10.1. The molecule has 3 aromatic rings. The summed E-state index contributed by atoms with van der Waals surface area (Å²) in [7, 11) is -4.12. The molecular formula is C24H22F3N3O3S. The number of aryl methyl sites for hydroxylation is 1. The molecule has 0 aromatic heterocycles. The maximum atomic E-state index is 13.4. The van der Waals surface area contributed by atoms with E-state index >= 15 is 0 Å². The first-order valence-corrected chi connectivity index (χ1v) is 11.6. The third-order valence-corrected chi connectivity index (χ3v) is 6.90. The van der Waals surface area contributed by atoms with Gasteiger partial charge in [-0.25, -0.2) is 13.8 Å². The zero-order valence-corrected chi connectivity index (χ0v) is 19.2. The lowest BCUT2D eigenvalue weighted by Gasteiger charge is -2.26. The Morgan fingerprint density at radius 2 is 1.62 bits per heavy atom. The predicted molar refractivity (Wildman–Crippen MR) is 124 cm³/mol. The predicted octanol–water partition coefficient (Wildman–Crippen LogP) is 4.67. The molecule has 0 atom stereocenters. The van der Waals surface area contributed by atoms with E-state index in [-0.39, 0.29) is 10.5 Å². The van der Waals surface area contributed by atoms with Gasteiger partial charge in [-0.05, 0) is 49.2 Å². The normalized spacial score (nSPS) is 12.0. The van der Waals surface area contributed by atoms with E-state index in [2.05, 4.69) is 10.5 Å². The summed E-state index contributed by atoms with van der Waals surface area (Å²) in [6.07, 6.45) is -3.72. The topological polar surface area (TPSA) is 78.8 Å². The zero-order valence-electron chi connectivity index (χ0n) is 18.4. The fraction of sp³-hybridized carbons (Fsp3) is 0.167. The van der Waals surface area contributed by atoms with Gasteiger partial charge in [-0.1, -0.05) is 48.5 Å². The Bertz CT molecular complexity index is 1310. The molecule has 0 bridgehead atoms. The van der Waals surface area contributed by atoms with E-state index in [1.54, 1.807) is 37.3 Å². The van der Waals surface area contributed by atoms with Crippen LogP contribution in [0.25, 0.3) is 0 Å². The SMILES string of the molecule is Cc1cccc(N(CC(=O)N/N=C/c2ccccc2C(F)(F)F)S(=O)(=O)c2ccccc2)c1C. The molecule has 10 heteroatoms. The number of nitrogens with one attached hydrogen (secondary N) is 1. The van der Waals surface area contributed by atoms with Crippen molar-refractivity contribution in [3.63, 3.8) is 0 Å². The van der Waals surface area contributed by atoms with E-state index in [0.29, 0.717) is 11.3 Å². The Balaban J connectivity index is 1.89. The van der Waals surface area contributed by atoms with Crippen LogP contribution in [-0.4, -0.2) is 27.1 Å². The molecule has 0 saturated heterocycles. The molecule has 0 aliphatic rings. The van der Waals surface area contributed by atoms with E-state index in [0.717, 1.165) is 22.1 Å². The van der Waals surface area contributed by atoms with Gasteiger partial charge in [0.05, 0.1) is 22.4 Å². The second-order valence-corrected chi connectivity index (χ2v) is 9.28. The second-order valence-electron chi connectivity index (χ2n) is 7.42. The fourth-order valence-corrected chi connectivity index (χ4v) is 4.73. The first-order chi connectivity index (χ1) is 16.0. The Morgan fingerprint density at radius 3 is 2.29 bits per heavy atom. The maximum Gasteiger partial charge on any atom is 0.417 e. The molecule has 1 amide bonds. The van der Waals surface area contributed by atoms with Crippen LogP contribution in [0.5, 0.6) is 0 Å². The van der Waals surface area contributed by atoms with E-state index in [4.69, 9.17) is 0 Å². The number of benzene rings is 3. The highest BCUT2D eigenvalue weighted by atomic mass is 32.2. The number of alkyl halides is 3. The molecule has 3 aromatic carbocycles. The average molecular weight is 490 g/mol. The van der Waals surface area contributed by atoms with Crippen molar-refractivity contribution in [1.29, 1.82) is 0 Å². The van der Waals surface area contributed by atoms with Gasteiger partial charge in [0.1, 0.15) is 6.54 Å². The van der Waals surface area contributed by atoms with Gasteiger partial charge in [-0.15, -0.1) is 0 Å². The third-order valence-electron chi connectivity index (χ3n) is 5.12. The van der Waals surface area contributed by atoms with Crippen molar-refractivity contribution in [2.24, 2.45) is 5.10 Å². The minimum absolute atomic E-state index is 0.00804. The summed E-state index contributed by atoms with van der Waals surface area (Å²) in [5.41, 5.74) is 2.78. The number of carbonyl (C=O) groups excluding carboxylic acids is 1. The number of amides is 1. The molecule has 0 fully saturated rings. The van der Waals surface area contributed by atoms with Gasteiger partial charge in [0.25, 0.3) is 15.9 Å². The van der Waals surface area contributed by atoms with Crippen molar-refractivity contribution < 1.29 is 26.4 Å². The highest BCUT2D eigenvalue weighted by Crippen LogP contribution is 2.31. The molecule has 6 nitrogen and oxygen atoms in total. The van der Waals surface area contributed by atoms with Gasteiger partial charge in [-0.3, -0.25) is 9.10 Å². The lowest BCUT2D eigenvalue weighted by Crippen LogP contribution is -2.40. The molecule has 0 radical (unpaired) electrons. The van der Waals surface area contributed by atoms with E-state index in [9.17, 15) is 26.4 Å². The standard InChI is InChI=1S/C24H22F3N3O3S/c1-17-9-8-14-22(18(17)2)30(34(32,33)20-11-4-3-5-12-20)16-23(31)29-28-15-19-10-6-7-13-21(19)24(25,26)27/h3-15H,16H2,1-2H3,(H,29,31)/b28-15+. The highest BCUT2D eigenvalue weighted by molar-refractivity contribution is 7.92. The number of hydrogen-bond donors (Lipinski definition) is 1. The molecular weight excluding hydrogens is 467 g/mol. The lowest BCUT2D eigenvalue weighted by molar-refractivity contribution is -0.137. The molecule has 0 aliphatic carbocycles. The van der Waals surface area contributed by atoms with Gasteiger partial charge >= 0.3 is 6.18 Å². The summed E-state index contributed by atoms with van der Waals surface area (Å²) in [6.45, 7) is 2.93. The Kier molecular flexibility index (Phi) is 7.41. The molecule has 0 heterocycles. The number of sulfonamides is 1. The van der Waals surface area contributed by atoms with Crippen LogP contribution >= 0.6 is 0 Å². The van der Waals surface area contributed by atoms with Gasteiger partial charge in [0.15, 0.2) is 0 Å². The molecule has 178 valence electrons. The number of hydrogen-bond acceptors (Lipinski definition) is 4. The molecule has 0 saturated carbocycles. The van der Waals surface area contributed by atoms with Crippen LogP contribution in [0.1, 0.15) is 22.3 Å². The van der Waals surface area contributed by atoms with Crippen LogP contribution in [-0.2, 0) is 21.0 Å².